The monoisotopic (exact) mass is 300 g/mol. The van der Waals surface area contributed by atoms with E-state index in [1.54, 1.807) is 0 Å². The maximum atomic E-state index is 12.9. The molecule has 2 nitrogen and oxygen atoms in total. The highest BCUT2D eigenvalue weighted by Crippen LogP contribution is 2.33. The predicted octanol–water partition coefficient (Wildman–Crippen LogP) is 4.40. The zero-order valence-corrected chi connectivity index (χ0v) is 12.7. The number of ether oxygens (including phenoxy) is 1. The van der Waals surface area contributed by atoms with Gasteiger partial charge in [0.15, 0.2) is 5.78 Å². The molecule has 1 aliphatic rings. The van der Waals surface area contributed by atoms with Crippen LogP contribution in [0.2, 0.25) is 0 Å². The number of carbonyl (C=O) groups is 1. The zero-order valence-electron chi connectivity index (χ0n) is 12.7. The summed E-state index contributed by atoms with van der Waals surface area (Å²) in [5.41, 5.74) is 4.72. The summed E-state index contributed by atoms with van der Waals surface area (Å²) < 4.78 is 5.96. The fraction of sp³-hybridized carbons (Fsp3) is 0.0952. The van der Waals surface area contributed by atoms with Gasteiger partial charge >= 0.3 is 0 Å². The molecule has 0 N–H and O–H groups in total. The minimum Gasteiger partial charge on any atom is -0.488 e. The third-order valence-corrected chi connectivity index (χ3v) is 4.22. The van der Waals surface area contributed by atoms with Crippen LogP contribution in [0.3, 0.4) is 0 Å². The molecule has 0 fully saturated rings. The minimum atomic E-state index is 0.0607. The molecule has 0 heterocycles. The first-order valence-corrected chi connectivity index (χ1v) is 7.74. The van der Waals surface area contributed by atoms with Crippen molar-refractivity contribution in [3.8, 4) is 5.75 Å². The second kappa shape index (κ2) is 5.73. The highest BCUT2D eigenvalue weighted by Gasteiger charge is 2.26. The van der Waals surface area contributed by atoms with Crippen LogP contribution in [0.4, 0.5) is 0 Å². The SMILES string of the molecule is O=C1c2ccccc2Cc2cccc(OCc3ccccc3)c21. The van der Waals surface area contributed by atoms with Gasteiger partial charge in [-0.05, 0) is 29.2 Å². The Morgan fingerprint density at radius 2 is 1.52 bits per heavy atom. The van der Waals surface area contributed by atoms with Gasteiger partial charge in [-0.25, -0.2) is 0 Å². The van der Waals surface area contributed by atoms with E-state index in [1.165, 1.54) is 0 Å². The molecule has 23 heavy (non-hydrogen) atoms. The minimum absolute atomic E-state index is 0.0607. The number of rotatable bonds is 3. The topological polar surface area (TPSA) is 26.3 Å². The van der Waals surface area contributed by atoms with Gasteiger partial charge in [-0.15, -0.1) is 0 Å². The van der Waals surface area contributed by atoms with E-state index in [0.29, 0.717) is 17.9 Å². The molecule has 0 atom stereocenters. The van der Waals surface area contributed by atoms with Gasteiger partial charge in [0.25, 0.3) is 0 Å². The van der Waals surface area contributed by atoms with Crippen LogP contribution in [0, 0.1) is 0 Å². The third-order valence-electron chi connectivity index (χ3n) is 4.22. The summed E-state index contributed by atoms with van der Waals surface area (Å²) in [6.45, 7) is 0.465. The molecule has 112 valence electrons. The van der Waals surface area contributed by atoms with E-state index in [4.69, 9.17) is 4.74 Å². The Labute approximate surface area is 135 Å². The fourth-order valence-electron chi connectivity index (χ4n) is 3.07. The van der Waals surface area contributed by atoms with Gasteiger partial charge in [-0.2, -0.15) is 0 Å². The molecule has 4 rings (SSSR count). The van der Waals surface area contributed by atoms with Gasteiger partial charge in [-0.3, -0.25) is 4.79 Å². The van der Waals surface area contributed by atoms with Crippen molar-refractivity contribution in [2.24, 2.45) is 0 Å². The number of ketones is 1. The van der Waals surface area contributed by atoms with E-state index in [2.05, 4.69) is 0 Å². The van der Waals surface area contributed by atoms with Crippen molar-refractivity contribution >= 4 is 5.78 Å². The Bertz CT molecular complexity index is 866. The maximum absolute atomic E-state index is 12.9. The molecule has 0 saturated heterocycles. The molecule has 3 aromatic rings. The zero-order chi connectivity index (χ0) is 15.6. The van der Waals surface area contributed by atoms with Crippen molar-refractivity contribution in [3.05, 3.63) is 101 Å². The second-order valence-corrected chi connectivity index (χ2v) is 5.73. The quantitative estimate of drug-likeness (QED) is 0.560. The lowest BCUT2D eigenvalue weighted by Gasteiger charge is -2.21. The molecule has 0 bridgehead atoms. The Kier molecular flexibility index (Phi) is 3.43. The summed E-state index contributed by atoms with van der Waals surface area (Å²) in [5, 5.41) is 0. The van der Waals surface area contributed by atoms with Gasteiger partial charge in [0.2, 0.25) is 0 Å². The van der Waals surface area contributed by atoms with E-state index in [-0.39, 0.29) is 5.78 Å². The first-order chi connectivity index (χ1) is 11.3. The average Bonchev–Trinajstić information content (AvgIpc) is 2.61. The summed E-state index contributed by atoms with van der Waals surface area (Å²) >= 11 is 0. The maximum Gasteiger partial charge on any atom is 0.197 e. The number of carbonyl (C=O) groups excluding carboxylic acids is 1. The molecule has 1 aliphatic carbocycles. The summed E-state index contributed by atoms with van der Waals surface area (Å²) in [6, 6.07) is 23.7. The smallest absolute Gasteiger partial charge is 0.197 e. The fourth-order valence-corrected chi connectivity index (χ4v) is 3.07. The van der Waals surface area contributed by atoms with Crippen LogP contribution < -0.4 is 4.74 Å². The van der Waals surface area contributed by atoms with E-state index >= 15 is 0 Å². The van der Waals surface area contributed by atoms with E-state index < -0.39 is 0 Å². The van der Waals surface area contributed by atoms with Crippen LogP contribution >= 0.6 is 0 Å². The standard InChI is InChI=1S/C21H16O2/c22-21-18-11-5-4-9-16(18)13-17-10-6-12-19(20(17)21)23-14-15-7-2-1-3-8-15/h1-12H,13-14H2. The molecule has 0 saturated carbocycles. The highest BCUT2D eigenvalue weighted by atomic mass is 16.5. The number of fused-ring (bicyclic) bond motifs is 2. The molecular weight excluding hydrogens is 284 g/mol. The van der Waals surface area contributed by atoms with Gasteiger partial charge in [-0.1, -0.05) is 66.7 Å². The summed E-state index contributed by atoms with van der Waals surface area (Å²) in [5.74, 6) is 0.733. The normalized spacial score (nSPS) is 12.4. The summed E-state index contributed by atoms with van der Waals surface area (Å²) in [6.07, 6.45) is 0.778. The molecule has 0 aromatic heterocycles. The molecule has 0 radical (unpaired) electrons. The molecule has 0 unspecified atom stereocenters. The number of benzene rings is 3. The lowest BCUT2D eigenvalue weighted by Crippen LogP contribution is -2.16. The Morgan fingerprint density at radius 1 is 0.783 bits per heavy atom. The lowest BCUT2D eigenvalue weighted by molar-refractivity contribution is 0.103. The van der Waals surface area contributed by atoms with Crippen molar-refractivity contribution < 1.29 is 9.53 Å². The molecular formula is C21H16O2. The largest absolute Gasteiger partial charge is 0.488 e. The van der Waals surface area contributed by atoms with Gasteiger partial charge in [0.05, 0.1) is 5.56 Å². The predicted molar refractivity (Wildman–Crippen MR) is 89.9 cm³/mol. The summed E-state index contributed by atoms with van der Waals surface area (Å²) in [7, 11) is 0. The number of hydrogen-bond acceptors (Lipinski definition) is 2. The van der Waals surface area contributed by atoms with Gasteiger partial charge < -0.3 is 4.74 Å². The highest BCUT2D eigenvalue weighted by molar-refractivity contribution is 6.14. The van der Waals surface area contributed by atoms with E-state index in [1.807, 2.05) is 72.8 Å². The molecule has 0 spiro atoms. The van der Waals surface area contributed by atoms with Crippen LogP contribution in [-0.4, -0.2) is 5.78 Å². The van der Waals surface area contributed by atoms with Crippen LogP contribution in [-0.2, 0) is 13.0 Å². The Hall–Kier alpha value is -2.87. The van der Waals surface area contributed by atoms with Crippen LogP contribution in [0.5, 0.6) is 5.75 Å². The van der Waals surface area contributed by atoms with E-state index in [9.17, 15) is 4.79 Å². The van der Waals surface area contributed by atoms with Crippen LogP contribution in [0.25, 0.3) is 0 Å². The van der Waals surface area contributed by atoms with Gasteiger partial charge in [0.1, 0.15) is 12.4 Å². The van der Waals surface area contributed by atoms with Crippen LogP contribution in [0.1, 0.15) is 32.6 Å². The Balaban J connectivity index is 1.68. The molecule has 3 aromatic carbocycles. The van der Waals surface area contributed by atoms with Crippen molar-refractivity contribution in [1.82, 2.24) is 0 Å². The number of hydrogen-bond donors (Lipinski definition) is 0. The van der Waals surface area contributed by atoms with Crippen molar-refractivity contribution in [1.29, 1.82) is 0 Å². The molecule has 0 amide bonds. The molecule has 0 aliphatic heterocycles. The van der Waals surface area contributed by atoms with E-state index in [0.717, 1.165) is 28.7 Å². The molecule has 2 heteroatoms. The van der Waals surface area contributed by atoms with Crippen molar-refractivity contribution in [2.75, 3.05) is 0 Å². The lowest BCUT2D eigenvalue weighted by atomic mass is 9.84. The average molecular weight is 300 g/mol. The third kappa shape index (κ3) is 2.53. The first kappa shape index (κ1) is 13.8. The summed E-state index contributed by atoms with van der Waals surface area (Å²) in [4.78, 5) is 12.9. The first-order valence-electron chi connectivity index (χ1n) is 7.74. The van der Waals surface area contributed by atoms with Gasteiger partial charge in [0, 0.05) is 5.56 Å². The Morgan fingerprint density at radius 3 is 2.39 bits per heavy atom. The van der Waals surface area contributed by atoms with Crippen LogP contribution in [0.15, 0.2) is 72.8 Å². The van der Waals surface area contributed by atoms with Crippen molar-refractivity contribution in [3.63, 3.8) is 0 Å². The second-order valence-electron chi connectivity index (χ2n) is 5.73. The van der Waals surface area contributed by atoms with Crippen molar-refractivity contribution in [2.45, 2.75) is 13.0 Å².